The fourth-order valence-corrected chi connectivity index (χ4v) is 4.42. The summed E-state index contributed by atoms with van der Waals surface area (Å²) >= 11 is 0. The lowest BCUT2D eigenvalue weighted by Gasteiger charge is -2.34. The Morgan fingerprint density at radius 2 is 1.93 bits per heavy atom. The van der Waals surface area contributed by atoms with Crippen LogP contribution in [0.25, 0.3) is 0 Å². The van der Waals surface area contributed by atoms with E-state index in [4.69, 9.17) is 5.73 Å². The molecule has 8 heteroatoms. The number of rotatable bonds is 4. The number of amides is 4. The zero-order chi connectivity index (χ0) is 20.1. The topological polar surface area (TPSA) is 113 Å². The zero-order valence-electron chi connectivity index (χ0n) is 15.9. The first-order valence-electron chi connectivity index (χ1n) is 9.64. The van der Waals surface area contributed by atoms with Crippen molar-refractivity contribution in [1.82, 2.24) is 15.1 Å². The fourth-order valence-electron chi connectivity index (χ4n) is 4.42. The molecule has 3 aliphatic rings. The Labute approximate surface area is 163 Å². The average Bonchev–Trinajstić information content (AvgIpc) is 3.15. The van der Waals surface area contributed by atoms with E-state index in [-0.39, 0.29) is 24.3 Å². The van der Waals surface area contributed by atoms with E-state index in [0.29, 0.717) is 24.2 Å². The molecule has 3 aliphatic heterocycles. The zero-order valence-corrected chi connectivity index (χ0v) is 15.9. The van der Waals surface area contributed by atoms with Gasteiger partial charge in [0.15, 0.2) is 0 Å². The number of imide groups is 2. The van der Waals surface area contributed by atoms with E-state index >= 15 is 0 Å². The largest absolute Gasteiger partial charge is 0.329 e. The normalized spacial score (nSPS) is 28.1. The predicted octanol–water partition coefficient (Wildman–Crippen LogP) is 0.401. The van der Waals surface area contributed by atoms with E-state index < -0.39 is 23.8 Å². The van der Waals surface area contributed by atoms with Crippen LogP contribution in [-0.2, 0) is 16.1 Å². The molecule has 0 saturated carbocycles. The van der Waals surface area contributed by atoms with E-state index in [1.165, 1.54) is 0 Å². The lowest BCUT2D eigenvalue weighted by molar-refractivity contribution is -0.136. The van der Waals surface area contributed by atoms with Gasteiger partial charge in [0.25, 0.3) is 11.8 Å². The van der Waals surface area contributed by atoms with Crippen LogP contribution in [0.1, 0.15) is 58.9 Å². The molecular weight excluding hydrogens is 360 g/mol. The molecule has 0 aromatic heterocycles. The van der Waals surface area contributed by atoms with Gasteiger partial charge in [0.1, 0.15) is 6.04 Å². The molecule has 0 radical (unpaired) electrons. The predicted molar refractivity (Wildman–Crippen MR) is 100 cm³/mol. The van der Waals surface area contributed by atoms with Gasteiger partial charge in [-0.05, 0) is 50.4 Å². The summed E-state index contributed by atoms with van der Waals surface area (Å²) in [5.41, 5.74) is 7.46. The molecule has 3 heterocycles. The summed E-state index contributed by atoms with van der Waals surface area (Å²) in [6.07, 6.45) is 2.39. The Morgan fingerprint density at radius 1 is 1.18 bits per heavy atom. The highest BCUT2D eigenvalue weighted by molar-refractivity contribution is 6.23. The number of benzene rings is 1. The molecule has 3 N–H and O–H groups in total. The quantitative estimate of drug-likeness (QED) is 0.727. The van der Waals surface area contributed by atoms with Crippen LogP contribution >= 0.6 is 0 Å². The van der Waals surface area contributed by atoms with Crippen LogP contribution < -0.4 is 11.1 Å². The molecule has 148 valence electrons. The number of piperidine rings is 1. The molecule has 8 nitrogen and oxygen atoms in total. The van der Waals surface area contributed by atoms with Gasteiger partial charge in [-0.2, -0.15) is 0 Å². The van der Waals surface area contributed by atoms with Crippen LogP contribution in [0.2, 0.25) is 0 Å². The van der Waals surface area contributed by atoms with Crippen LogP contribution in [0.15, 0.2) is 18.2 Å². The number of nitrogens with zero attached hydrogens (tertiary/aromatic N) is 2. The highest BCUT2D eigenvalue weighted by Gasteiger charge is 2.44. The maximum absolute atomic E-state index is 12.9. The molecule has 2 saturated heterocycles. The SMILES string of the molecule is CC1(CN)CCCN1Cc1ccc2c(c1)C(=O)N(C1CCC(=O)NC1=O)C2=O. The third kappa shape index (κ3) is 2.93. The van der Waals surface area contributed by atoms with E-state index in [0.717, 1.165) is 29.8 Å². The molecular formula is C20H24N4O4. The number of nitrogens with one attached hydrogen (secondary N) is 1. The van der Waals surface area contributed by atoms with Crippen molar-refractivity contribution in [2.24, 2.45) is 5.73 Å². The molecule has 4 rings (SSSR count). The number of hydrogen-bond donors (Lipinski definition) is 2. The van der Waals surface area contributed by atoms with Gasteiger partial charge in [0, 0.05) is 25.0 Å². The van der Waals surface area contributed by atoms with Crippen LogP contribution in [0.3, 0.4) is 0 Å². The second-order valence-corrected chi connectivity index (χ2v) is 8.05. The van der Waals surface area contributed by atoms with Gasteiger partial charge < -0.3 is 5.73 Å². The smallest absolute Gasteiger partial charge is 0.262 e. The van der Waals surface area contributed by atoms with Gasteiger partial charge in [-0.25, -0.2) is 0 Å². The second-order valence-electron chi connectivity index (χ2n) is 8.05. The maximum atomic E-state index is 12.9. The molecule has 0 bridgehead atoms. The van der Waals surface area contributed by atoms with Crippen LogP contribution in [-0.4, -0.2) is 58.1 Å². The first-order valence-corrected chi connectivity index (χ1v) is 9.64. The minimum atomic E-state index is -0.937. The summed E-state index contributed by atoms with van der Waals surface area (Å²) in [5.74, 6) is -1.93. The molecule has 2 fully saturated rings. The Balaban J connectivity index is 1.58. The third-order valence-corrected chi connectivity index (χ3v) is 6.22. The summed E-state index contributed by atoms with van der Waals surface area (Å²) in [6, 6.07) is 4.32. The number of nitrogens with two attached hydrogens (primary N) is 1. The summed E-state index contributed by atoms with van der Waals surface area (Å²) in [6.45, 7) is 4.31. The Bertz CT molecular complexity index is 883. The average molecular weight is 384 g/mol. The lowest BCUT2D eigenvalue weighted by atomic mass is 9.98. The summed E-state index contributed by atoms with van der Waals surface area (Å²) in [7, 11) is 0. The molecule has 0 spiro atoms. The summed E-state index contributed by atoms with van der Waals surface area (Å²) in [5, 5.41) is 2.21. The first kappa shape index (κ1) is 18.8. The van der Waals surface area contributed by atoms with Crippen LogP contribution in [0.5, 0.6) is 0 Å². The number of fused-ring (bicyclic) bond motifs is 1. The van der Waals surface area contributed by atoms with Crippen molar-refractivity contribution in [3.05, 3.63) is 34.9 Å². The maximum Gasteiger partial charge on any atom is 0.262 e. The second kappa shape index (κ2) is 6.79. The molecule has 2 unspecified atom stereocenters. The summed E-state index contributed by atoms with van der Waals surface area (Å²) < 4.78 is 0. The van der Waals surface area contributed by atoms with E-state index in [1.54, 1.807) is 12.1 Å². The highest BCUT2D eigenvalue weighted by atomic mass is 16.2. The molecule has 28 heavy (non-hydrogen) atoms. The number of carbonyl (C=O) groups is 4. The minimum Gasteiger partial charge on any atom is -0.329 e. The lowest BCUT2D eigenvalue weighted by Crippen LogP contribution is -2.54. The Hall–Kier alpha value is -2.58. The standard InChI is InChI=1S/C20H24N4O4/c1-20(11-21)7-2-8-23(20)10-12-3-4-13-14(9-12)19(28)24(18(13)27)15-5-6-16(25)22-17(15)26/h3-4,9,15H,2,5-8,10-11,21H2,1H3,(H,22,25,26). The van der Waals surface area contributed by atoms with Crippen LogP contribution in [0.4, 0.5) is 0 Å². The van der Waals surface area contributed by atoms with E-state index in [2.05, 4.69) is 17.1 Å². The van der Waals surface area contributed by atoms with Gasteiger partial charge in [-0.15, -0.1) is 0 Å². The Morgan fingerprint density at radius 3 is 2.64 bits per heavy atom. The molecule has 1 aromatic rings. The molecule has 1 aromatic carbocycles. The highest BCUT2D eigenvalue weighted by Crippen LogP contribution is 2.32. The number of carbonyl (C=O) groups excluding carboxylic acids is 4. The van der Waals surface area contributed by atoms with Gasteiger partial charge >= 0.3 is 0 Å². The Kier molecular flexibility index (Phi) is 4.55. The van der Waals surface area contributed by atoms with Gasteiger partial charge in [0.05, 0.1) is 11.1 Å². The van der Waals surface area contributed by atoms with Gasteiger partial charge in [-0.3, -0.25) is 34.3 Å². The van der Waals surface area contributed by atoms with E-state index in [9.17, 15) is 19.2 Å². The van der Waals surface area contributed by atoms with Crippen molar-refractivity contribution in [3.63, 3.8) is 0 Å². The van der Waals surface area contributed by atoms with Crippen molar-refractivity contribution in [2.45, 2.75) is 50.7 Å². The fraction of sp³-hybridized carbons (Fsp3) is 0.500. The monoisotopic (exact) mass is 384 g/mol. The first-order chi connectivity index (χ1) is 13.3. The molecule has 2 atom stereocenters. The molecule has 0 aliphatic carbocycles. The number of hydrogen-bond acceptors (Lipinski definition) is 6. The van der Waals surface area contributed by atoms with Gasteiger partial charge in [-0.1, -0.05) is 6.07 Å². The minimum absolute atomic E-state index is 0.0579. The van der Waals surface area contributed by atoms with Crippen molar-refractivity contribution in [3.8, 4) is 0 Å². The van der Waals surface area contributed by atoms with Crippen molar-refractivity contribution >= 4 is 23.6 Å². The summed E-state index contributed by atoms with van der Waals surface area (Å²) in [4.78, 5) is 52.5. The number of likely N-dealkylation sites (tertiary alicyclic amines) is 1. The third-order valence-electron chi connectivity index (χ3n) is 6.22. The van der Waals surface area contributed by atoms with Crippen LogP contribution in [0, 0.1) is 0 Å². The van der Waals surface area contributed by atoms with Crippen molar-refractivity contribution < 1.29 is 19.2 Å². The van der Waals surface area contributed by atoms with E-state index in [1.807, 2.05) is 6.07 Å². The van der Waals surface area contributed by atoms with Crippen molar-refractivity contribution in [1.29, 1.82) is 0 Å². The van der Waals surface area contributed by atoms with Crippen molar-refractivity contribution in [2.75, 3.05) is 13.1 Å². The molecule has 4 amide bonds. The van der Waals surface area contributed by atoms with Gasteiger partial charge in [0.2, 0.25) is 11.8 Å².